The van der Waals surface area contributed by atoms with Crippen LogP contribution in [0.2, 0.25) is 5.02 Å². The van der Waals surface area contributed by atoms with Gasteiger partial charge in [0.25, 0.3) is 0 Å². The lowest BCUT2D eigenvalue weighted by Gasteiger charge is -2.10. The van der Waals surface area contributed by atoms with E-state index in [1.54, 1.807) is 0 Å². The molecule has 0 aromatic heterocycles. The first kappa shape index (κ1) is 15.9. The minimum absolute atomic E-state index is 0.00407. The summed E-state index contributed by atoms with van der Waals surface area (Å²) < 4.78 is 4.87. The fourth-order valence-electron chi connectivity index (χ4n) is 1.38. The van der Waals surface area contributed by atoms with Gasteiger partial charge in [-0.3, -0.25) is 4.79 Å². The summed E-state index contributed by atoms with van der Waals surface area (Å²) in [4.78, 5) is 34.0. The number of ether oxygens (including phenoxy) is 1. The number of hydrogen-bond acceptors (Lipinski definition) is 5. The molecular weight excluding hydrogens is 284 g/mol. The number of halogens is 1. The van der Waals surface area contributed by atoms with Crippen molar-refractivity contribution in [1.29, 1.82) is 0 Å². The molecule has 1 aromatic carbocycles. The van der Waals surface area contributed by atoms with Crippen molar-refractivity contribution in [1.82, 2.24) is 0 Å². The zero-order chi connectivity index (χ0) is 15.3. The molecule has 0 saturated heterocycles. The molecule has 0 aliphatic heterocycles. The minimum atomic E-state index is -1.07. The van der Waals surface area contributed by atoms with Crippen LogP contribution in [0.15, 0.2) is 30.4 Å². The van der Waals surface area contributed by atoms with Crippen molar-refractivity contribution in [3.63, 3.8) is 0 Å². The first-order valence-electron chi connectivity index (χ1n) is 5.67. The van der Waals surface area contributed by atoms with E-state index in [0.717, 1.165) is 0 Å². The standard InChI is InChI=1S/C14H13ClO5/c1-8(2)13(18)10(6-16)7-20-14(19)9-3-4-12(17)11(15)5-9/h3-6,10,17H,1,7H2,2H3. The van der Waals surface area contributed by atoms with Gasteiger partial charge in [0.05, 0.1) is 10.6 Å². The van der Waals surface area contributed by atoms with Crippen molar-refractivity contribution in [2.24, 2.45) is 5.92 Å². The Morgan fingerprint density at radius 2 is 2.15 bits per heavy atom. The Labute approximate surface area is 120 Å². The van der Waals surface area contributed by atoms with Gasteiger partial charge in [0.15, 0.2) is 5.78 Å². The summed E-state index contributed by atoms with van der Waals surface area (Å²) in [6.45, 7) is 4.54. The average molecular weight is 297 g/mol. The molecule has 6 heteroatoms. The zero-order valence-electron chi connectivity index (χ0n) is 10.8. The molecule has 0 saturated carbocycles. The molecule has 0 amide bonds. The largest absolute Gasteiger partial charge is 0.506 e. The van der Waals surface area contributed by atoms with Gasteiger partial charge in [-0.25, -0.2) is 4.79 Å². The number of esters is 1. The van der Waals surface area contributed by atoms with E-state index < -0.39 is 17.7 Å². The highest BCUT2D eigenvalue weighted by atomic mass is 35.5. The van der Waals surface area contributed by atoms with Gasteiger partial charge in [-0.05, 0) is 30.7 Å². The molecule has 0 radical (unpaired) electrons. The Hall–Kier alpha value is -2.14. The zero-order valence-corrected chi connectivity index (χ0v) is 11.5. The maximum absolute atomic E-state index is 11.7. The summed E-state index contributed by atoms with van der Waals surface area (Å²) in [5.41, 5.74) is 0.325. The second-order valence-electron chi connectivity index (χ2n) is 4.15. The lowest BCUT2D eigenvalue weighted by molar-refractivity contribution is -0.126. The topological polar surface area (TPSA) is 80.7 Å². The number of rotatable bonds is 6. The monoisotopic (exact) mass is 296 g/mol. The summed E-state index contributed by atoms with van der Waals surface area (Å²) in [7, 11) is 0. The summed E-state index contributed by atoms with van der Waals surface area (Å²) in [5, 5.41) is 9.23. The average Bonchev–Trinajstić information content (AvgIpc) is 2.41. The molecule has 1 aromatic rings. The number of aldehydes is 1. The number of benzene rings is 1. The van der Waals surface area contributed by atoms with Gasteiger partial charge in [-0.15, -0.1) is 0 Å². The van der Waals surface area contributed by atoms with Crippen LogP contribution in [0.1, 0.15) is 17.3 Å². The first-order valence-corrected chi connectivity index (χ1v) is 6.05. The number of aromatic hydroxyl groups is 1. The van der Waals surface area contributed by atoms with Gasteiger partial charge in [0.1, 0.15) is 24.6 Å². The number of carbonyl (C=O) groups excluding carboxylic acids is 3. The molecule has 0 heterocycles. The third-order valence-corrected chi connectivity index (χ3v) is 2.80. The van der Waals surface area contributed by atoms with E-state index in [1.165, 1.54) is 25.1 Å². The molecule has 0 aliphatic carbocycles. The summed E-state index contributed by atoms with van der Waals surface area (Å²) in [6, 6.07) is 3.80. The molecule has 0 bridgehead atoms. The van der Waals surface area contributed by atoms with Crippen LogP contribution in [0.5, 0.6) is 5.75 Å². The number of carbonyl (C=O) groups is 3. The van der Waals surface area contributed by atoms with E-state index in [4.69, 9.17) is 16.3 Å². The van der Waals surface area contributed by atoms with Crippen molar-refractivity contribution in [3.05, 3.63) is 40.9 Å². The van der Waals surface area contributed by atoms with E-state index in [1.807, 2.05) is 0 Å². The van der Waals surface area contributed by atoms with Gasteiger partial charge in [-0.2, -0.15) is 0 Å². The van der Waals surface area contributed by atoms with Crippen molar-refractivity contribution in [2.75, 3.05) is 6.61 Å². The highest BCUT2D eigenvalue weighted by molar-refractivity contribution is 6.32. The maximum Gasteiger partial charge on any atom is 0.338 e. The van der Waals surface area contributed by atoms with Crippen LogP contribution in [-0.4, -0.2) is 29.8 Å². The van der Waals surface area contributed by atoms with Crippen LogP contribution in [0.4, 0.5) is 0 Å². The number of allylic oxidation sites excluding steroid dienone is 1. The van der Waals surface area contributed by atoms with Crippen LogP contribution in [0.3, 0.4) is 0 Å². The molecule has 0 spiro atoms. The number of phenolic OH excluding ortho intramolecular Hbond substituents is 1. The molecule has 0 aliphatic rings. The SMILES string of the molecule is C=C(C)C(=O)C(C=O)COC(=O)c1ccc(O)c(Cl)c1. The van der Waals surface area contributed by atoms with Gasteiger partial charge < -0.3 is 14.6 Å². The molecule has 106 valence electrons. The third kappa shape index (κ3) is 3.93. The highest BCUT2D eigenvalue weighted by Gasteiger charge is 2.21. The van der Waals surface area contributed by atoms with Gasteiger partial charge in [0.2, 0.25) is 0 Å². The normalized spacial score (nSPS) is 11.5. The first-order chi connectivity index (χ1) is 9.36. The van der Waals surface area contributed by atoms with Crippen LogP contribution in [-0.2, 0) is 14.3 Å². The second kappa shape index (κ2) is 6.86. The lowest BCUT2D eigenvalue weighted by Crippen LogP contribution is -2.24. The van der Waals surface area contributed by atoms with E-state index >= 15 is 0 Å². The van der Waals surface area contributed by atoms with Gasteiger partial charge >= 0.3 is 5.97 Å². The smallest absolute Gasteiger partial charge is 0.338 e. The Kier molecular flexibility index (Phi) is 5.46. The Bertz CT molecular complexity index is 565. The molecule has 1 unspecified atom stereocenters. The molecule has 1 N–H and O–H groups in total. The number of hydrogen-bond donors (Lipinski definition) is 1. The molecule has 20 heavy (non-hydrogen) atoms. The van der Waals surface area contributed by atoms with E-state index in [-0.39, 0.29) is 28.5 Å². The second-order valence-corrected chi connectivity index (χ2v) is 4.56. The van der Waals surface area contributed by atoms with E-state index in [2.05, 4.69) is 6.58 Å². The van der Waals surface area contributed by atoms with Crippen molar-refractivity contribution in [3.8, 4) is 5.75 Å². The quantitative estimate of drug-likeness (QED) is 0.376. The number of Topliss-reactive ketones (excluding diaryl/α,β-unsaturated/α-hetero) is 1. The van der Waals surface area contributed by atoms with Crippen LogP contribution >= 0.6 is 11.6 Å². The van der Waals surface area contributed by atoms with E-state index in [9.17, 15) is 19.5 Å². The summed E-state index contributed by atoms with van der Waals surface area (Å²) in [6.07, 6.45) is 0.411. The van der Waals surface area contributed by atoms with Crippen LogP contribution in [0, 0.1) is 5.92 Å². The van der Waals surface area contributed by atoms with E-state index in [0.29, 0.717) is 6.29 Å². The lowest BCUT2D eigenvalue weighted by atomic mass is 10.0. The predicted molar refractivity (Wildman–Crippen MR) is 72.8 cm³/mol. The fourth-order valence-corrected chi connectivity index (χ4v) is 1.56. The van der Waals surface area contributed by atoms with Crippen molar-refractivity contribution >= 4 is 29.6 Å². The van der Waals surface area contributed by atoms with Crippen molar-refractivity contribution < 1.29 is 24.2 Å². The third-order valence-electron chi connectivity index (χ3n) is 2.50. The maximum atomic E-state index is 11.7. The molecule has 0 fully saturated rings. The Morgan fingerprint density at radius 1 is 1.50 bits per heavy atom. The van der Waals surface area contributed by atoms with Gasteiger partial charge in [0, 0.05) is 0 Å². The molecule has 1 atom stereocenters. The summed E-state index contributed by atoms with van der Waals surface area (Å²) >= 11 is 5.66. The highest BCUT2D eigenvalue weighted by Crippen LogP contribution is 2.24. The fraction of sp³-hybridized carbons (Fsp3) is 0.214. The Morgan fingerprint density at radius 3 is 2.65 bits per heavy atom. The molecular formula is C14H13ClO5. The number of ketones is 1. The molecule has 5 nitrogen and oxygen atoms in total. The van der Waals surface area contributed by atoms with Crippen LogP contribution in [0.25, 0.3) is 0 Å². The Balaban J connectivity index is 2.71. The van der Waals surface area contributed by atoms with Crippen molar-refractivity contribution in [2.45, 2.75) is 6.92 Å². The minimum Gasteiger partial charge on any atom is -0.506 e. The van der Waals surface area contributed by atoms with Gasteiger partial charge in [-0.1, -0.05) is 18.2 Å². The summed E-state index contributed by atoms with van der Waals surface area (Å²) in [5.74, 6) is -2.44. The predicted octanol–water partition coefficient (Wildman–Crippen LogP) is 2.16. The van der Waals surface area contributed by atoms with Crippen LogP contribution < -0.4 is 0 Å². The number of phenols is 1. The molecule has 1 rings (SSSR count).